The first kappa shape index (κ1) is 31.5. The number of nitrogens with zero attached hydrogens (tertiary/aromatic N) is 2. The van der Waals surface area contributed by atoms with Crippen LogP contribution in [-0.4, -0.2) is 40.9 Å². The van der Waals surface area contributed by atoms with E-state index in [0.29, 0.717) is 17.7 Å². The lowest BCUT2D eigenvalue weighted by Crippen LogP contribution is -2.39. The maximum absolute atomic E-state index is 13.3. The predicted molar refractivity (Wildman–Crippen MR) is 166 cm³/mol. The number of rotatable bonds is 9. The molecule has 42 heavy (non-hydrogen) atoms. The lowest BCUT2D eigenvalue weighted by molar-refractivity contribution is -0.160. The molecule has 1 aromatic heterocycles. The van der Waals surface area contributed by atoms with Gasteiger partial charge in [-0.15, -0.1) is 0 Å². The van der Waals surface area contributed by atoms with Crippen molar-refractivity contribution < 1.29 is 23.8 Å². The van der Waals surface area contributed by atoms with Gasteiger partial charge in [-0.3, -0.25) is 4.98 Å². The number of pyridine rings is 1. The molecule has 2 aromatic carbocycles. The van der Waals surface area contributed by atoms with Crippen molar-refractivity contribution in [2.45, 2.75) is 92.5 Å². The summed E-state index contributed by atoms with van der Waals surface area (Å²) in [5, 5.41) is 10.4. The normalized spacial score (nSPS) is 16.6. The summed E-state index contributed by atoms with van der Waals surface area (Å²) in [6.07, 6.45) is 1.41. The van der Waals surface area contributed by atoms with Gasteiger partial charge in [0.15, 0.2) is 6.10 Å². The van der Waals surface area contributed by atoms with Crippen LogP contribution in [0.5, 0.6) is 5.75 Å². The Morgan fingerprint density at radius 3 is 2.17 bits per heavy atom. The Morgan fingerprint density at radius 1 is 1.02 bits per heavy atom. The Bertz CT molecular complexity index is 1380. The van der Waals surface area contributed by atoms with Gasteiger partial charge in [0.25, 0.3) is 0 Å². The highest BCUT2D eigenvalue weighted by Crippen LogP contribution is 2.45. The van der Waals surface area contributed by atoms with Crippen molar-refractivity contribution >= 4 is 11.7 Å². The number of carboxylic acids is 1. The minimum absolute atomic E-state index is 0.103. The number of aromatic nitrogens is 1. The second-order valence-electron chi connectivity index (χ2n) is 13.3. The monoisotopic (exact) mass is 576 g/mol. The average molecular weight is 577 g/mol. The first-order valence-corrected chi connectivity index (χ1v) is 14.8. The van der Waals surface area contributed by atoms with E-state index >= 15 is 0 Å². The van der Waals surface area contributed by atoms with E-state index in [1.807, 2.05) is 65.8 Å². The summed E-state index contributed by atoms with van der Waals surface area (Å²) < 4.78 is 25.7. The zero-order chi connectivity index (χ0) is 30.8. The largest absolute Gasteiger partial charge is 0.490 e. The number of hydrogen-bond donors (Lipinski definition) is 1. The number of benzene rings is 2. The zero-order valence-electron chi connectivity index (χ0n) is 26.3. The predicted octanol–water partition coefficient (Wildman–Crippen LogP) is 8.08. The fraction of sp³-hybridized carbons (Fsp3) is 0.486. The van der Waals surface area contributed by atoms with Gasteiger partial charge in [0.05, 0.1) is 17.4 Å². The molecular weight excluding hydrogens is 531 g/mol. The molecule has 7 heteroatoms. The summed E-state index contributed by atoms with van der Waals surface area (Å²) >= 11 is 0. The molecular formula is C35H45FN2O4. The van der Waals surface area contributed by atoms with E-state index in [-0.39, 0.29) is 17.3 Å². The number of piperidine rings is 1. The van der Waals surface area contributed by atoms with E-state index in [1.54, 1.807) is 12.1 Å². The van der Waals surface area contributed by atoms with Gasteiger partial charge in [0.2, 0.25) is 0 Å². The zero-order valence-corrected chi connectivity index (χ0v) is 26.3. The van der Waals surface area contributed by atoms with Crippen molar-refractivity contribution in [1.29, 1.82) is 0 Å². The summed E-state index contributed by atoms with van der Waals surface area (Å²) in [6.45, 7) is 17.7. The number of hydrogen-bond acceptors (Lipinski definition) is 5. The molecule has 1 aliphatic rings. The molecule has 0 spiro atoms. The van der Waals surface area contributed by atoms with Crippen LogP contribution in [-0.2, 0) is 16.0 Å². The van der Waals surface area contributed by atoms with Crippen LogP contribution in [0.4, 0.5) is 10.1 Å². The molecule has 2 atom stereocenters. The summed E-state index contributed by atoms with van der Waals surface area (Å²) in [4.78, 5) is 19.9. The van der Waals surface area contributed by atoms with E-state index in [0.717, 1.165) is 59.8 Å². The van der Waals surface area contributed by atoms with Crippen LogP contribution in [0.15, 0.2) is 48.5 Å². The summed E-state index contributed by atoms with van der Waals surface area (Å²) in [5.74, 6) is -0.548. The van der Waals surface area contributed by atoms with E-state index in [4.69, 9.17) is 14.5 Å². The van der Waals surface area contributed by atoms with Crippen LogP contribution in [0.1, 0.15) is 83.0 Å². The molecule has 0 amide bonds. The number of carboxylic acid groups (broad SMARTS) is 1. The summed E-state index contributed by atoms with van der Waals surface area (Å²) in [6, 6.07) is 14.4. The topological polar surface area (TPSA) is 71.9 Å². The lowest BCUT2D eigenvalue weighted by atomic mass is 9.82. The Kier molecular flexibility index (Phi) is 9.31. The Labute approximate surface area is 249 Å². The molecule has 2 unspecified atom stereocenters. The SMILES string of the molecule is Cc1nc(C)c(C(OC(C)(C)C)C(=O)O)c(N2CCC(C)(C)CC2)c1-c1ccc(OC(C)Cc2ccc(F)cc2)cc1. The highest BCUT2D eigenvalue weighted by Gasteiger charge is 2.36. The van der Waals surface area contributed by atoms with Crippen molar-refractivity contribution in [2.24, 2.45) is 5.41 Å². The van der Waals surface area contributed by atoms with Crippen LogP contribution >= 0.6 is 0 Å². The van der Waals surface area contributed by atoms with Crippen LogP contribution in [0.2, 0.25) is 0 Å². The van der Waals surface area contributed by atoms with Crippen LogP contribution in [0, 0.1) is 25.1 Å². The average Bonchev–Trinajstić information content (AvgIpc) is 2.89. The first-order chi connectivity index (χ1) is 19.6. The van der Waals surface area contributed by atoms with Crippen molar-refractivity contribution in [3.8, 4) is 16.9 Å². The molecule has 226 valence electrons. The van der Waals surface area contributed by atoms with E-state index in [2.05, 4.69) is 18.7 Å². The van der Waals surface area contributed by atoms with Gasteiger partial charge in [-0.1, -0.05) is 38.1 Å². The third kappa shape index (κ3) is 7.68. The third-order valence-electron chi connectivity index (χ3n) is 7.89. The second kappa shape index (κ2) is 12.4. The third-order valence-corrected chi connectivity index (χ3v) is 7.89. The molecule has 0 saturated carbocycles. The Hall–Kier alpha value is -3.45. The number of aliphatic carboxylic acids is 1. The molecule has 2 heterocycles. The number of halogens is 1. The van der Waals surface area contributed by atoms with Gasteiger partial charge in [-0.2, -0.15) is 0 Å². The lowest BCUT2D eigenvalue weighted by Gasteiger charge is -2.41. The van der Waals surface area contributed by atoms with Gasteiger partial charge < -0.3 is 19.5 Å². The number of ether oxygens (including phenoxy) is 2. The summed E-state index contributed by atoms with van der Waals surface area (Å²) in [5.41, 5.74) is 5.46. The van der Waals surface area contributed by atoms with Gasteiger partial charge in [-0.25, -0.2) is 9.18 Å². The minimum atomic E-state index is -1.16. The molecule has 4 rings (SSSR count). The Morgan fingerprint density at radius 2 is 1.62 bits per heavy atom. The highest BCUT2D eigenvalue weighted by molar-refractivity contribution is 5.88. The van der Waals surface area contributed by atoms with Gasteiger partial charge in [-0.05, 0) is 95.2 Å². The standard InChI is InChI=1S/C35H45FN2O4/c1-22(21-25-9-13-27(36)14-10-25)41-28-15-11-26(12-16-28)29-23(2)37-24(3)30(32(33(39)40)42-34(4,5)6)31(29)38-19-17-35(7,8)18-20-38/h9-16,22,32H,17-21H2,1-8H3,(H,39,40). The molecule has 3 aromatic rings. The molecule has 0 radical (unpaired) electrons. The summed E-state index contributed by atoms with van der Waals surface area (Å²) in [7, 11) is 0. The first-order valence-electron chi connectivity index (χ1n) is 14.8. The molecule has 0 aliphatic carbocycles. The highest BCUT2D eigenvalue weighted by atomic mass is 19.1. The second-order valence-corrected chi connectivity index (χ2v) is 13.3. The fourth-order valence-electron chi connectivity index (χ4n) is 5.68. The van der Waals surface area contributed by atoms with Crippen LogP contribution in [0.3, 0.4) is 0 Å². The van der Waals surface area contributed by atoms with Crippen LogP contribution < -0.4 is 9.64 Å². The van der Waals surface area contributed by atoms with Crippen molar-refractivity contribution in [3.63, 3.8) is 0 Å². The molecule has 1 saturated heterocycles. The number of carbonyl (C=O) groups is 1. The van der Waals surface area contributed by atoms with Gasteiger partial charge in [0.1, 0.15) is 11.6 Å². The number of anilines is 1. The quantitative estimate of drug-likeness (QED) is 0.278. The maximum Gasteiger partial charge on any atom is 0.337 e. The molecule has 1 N–H and O–H groups in total. The van der Waals surface area contributed by atoms with Gasteiger partial charge >= 0.3 is 5.97 Å². The molecule has 1 fully saturated rings. The number of aryl methyl sites for hydroxylation is 2. The smallest absolute Gasteiger partial charge is 0.337 e. The Balaban J connectivity index is 1.74. The van der Waals surface area contributed by atoms with Crippen molar-refractivity contribution in [1.82, 2.24) is 4.98 Å². The van der Waals surface area contributed by atoms with Crippen molar-refractivity contribution in [3.05, 3.63) is 76.9 Å². The fourth-order valence-corrected chi connectivity index (χ4v) is 5.68. The molecule has 6 nitrogen and oxygen atoms in total. The van der Waals surface area contributed by atoms with Gasteiger partial charge in [0, 0.05) is 42.0 Å². The minimum Gasteiger partial charge on any atom is -0.490 e. The van der Waals surface area contributed by atoms with E-state index < -0.39 is 17.7 Å². The molecule has 1 aliphatic heterocycles. The molecule has 0 bridgehead atoms. The van der Waals surface area contributed by atoms with E-state index in [1.165, 1.54) is 12.1 Å². The van der Waals surface area contributed by atoms with Crippen molar-refractivity contribution in [2.75, 3.05) is 18.0 Å². The van der Waals surface area contributed by atoms with E-state index in [9.17, 15) is 14.3 Å². The maximum atomic E-state index is 13.3. The van der Waals surface area contributed by atoms with Crippen LogP contribution in [0.25, 0.3) is 11.1 Å².